The predicted molar refractivity (Wildman–Crippen MR) is 93.5 cm³/mol. The van der Waals surface area contributed by atoms with Crippen LogP contribution in [0.25, 0.3) is 0 Å². The molecule has 1 saturated heterocycles. The van der Waals surface area contributed by atoms with Gasteiger partial charge in [-0.15, -0.1) is 0 Å². The lowest BCUT2D eigenvalue weighted by atomic mass is 10.1. The molecule has 1 amide bonds. The molecule has 2 N–H and O–H groups in total. The number of pyridine rings is 1. The van der Waals surface area contributed by atoms with Gasteiger partial charge in [0.05, 0.1) is 11.9 Å². The van der Waals surface area contributed by atoms with E-state index in [4.69, 9.17) is 11.6 Å². The fourth-order valence-corrected chi connectivity index (χ4v) is 2.92. The number of carbonyl (C=O) groups is 1. The molecule has 1 aliphatic heterocycles. The lowest BCUT2D eigenvalue weighted by Gasteiger charge is -2.29. The standard InChI is InChI=1S/C17H19ClN4O/c1-12-8-13(10-14(18)9-12)17(23)21-16-3-2-15(11-20-16)22-6-4-19-5-7-22/h2-3,8-11,19H,4-7H2,1H3,(H,20,21,23). The van der Waals surface area contributed by atoms with Crippen LogP contribution in [-0.2, 0) is 0 Å². The molecule has 0 saturated carbocycles. The number of hydrogen-bond acceptors (Lipinski definition) is 4. The van der Waals surface area contributed by atoms with Crippen LogP contribution in [0.5, 0.6) is 0 Å². The molecule has 1 fully saturated rings. The van der Waals surface area contributed by atoms with E-state index in [9.17, 15) is 4.79 Å². The summed E-state index contributed by atoms with van der Waals surface area (Å²) in [6.07, 6.45) is 1.80. The van der Waals surface area contributed by atoms with Crippen LogP contribution in [0.1, 0.15) is 15.9 Å². The number of nitrogens with zero attached hydrogens (tertiary/aromatic N) is 2. The summed E-state index contributed by atoms with van der Waals surface area (Å²) >= 11 is 6.00. The number of aromatic nitrogens is 1. The first-order valence-corrected chi connectivity index (χ1v) is 8.00. The van der Waals surface area contributed by atoms with Crippen molar-refractivity contribution in [2.24, 2.45) is 0 Å². The average molecular weight is 331 g/mol. The van der Waals surface area contributed by atoms with Crippen LogP contribution in [0.4, 0.5) is 11.5 Å². The molecule has 5 nitrogen and oxygen atoms in total. The summed E-state index contributed by atoms with van der Waals surface area (Å²) in [6, 6.07) is 9.08. The van der Waals surface area contributed by atoms with E-state index in [1.54, 1.807) is 18.3 Å². The van der Waals surface area contributed by atoms with Crippen molar-refractivity contribution in [1.82, 2.24) is 10.3 Å². The lowest BCUT2D eigenvalue weighted by Crippen LogP contribution is -2.43. The van der Waals surface area contributed by atoms with Crippen LogP contribution < -0.4 is 15.5 Å². The Morgan fingerprint density at radius 3 is 2.70 bits per heavy atom. The number of carbonyl (C=O) groups excluding carboxylic acids is 1. The van der Waals surface area contributed by atoms with Crippen molar-refractivity contribution < 1.29 is 4.79 Å². The Labute approximate surface area is 140 Å². The summed E-state index contributed by atoms with van der Waals surface area (Å²) in [5.41, 5.74) is 2.55. The molecular formula is C17H19ClN4O. The number of hydrogen-bond donors (Lipinski definition) is 2. The van der Waals surface area contributed by atoms with E-state index in [0.717, 1.165) is 37.4 Å². The van der Waals surface area contributed by atoms with Gasteiger partial charge in [-0.25, -0.2) is 4.98 Å². The van der Waals surface area contributed by atoms with Gasteiger partial charge in [-0.2, -0.15) is 0 Å². The maximum Gasteiger partial charge on any atom is 0.256 e. The topological polar surface area (TPSA) is 57.3 Å². The lowest BCUT2D eigenvalue weighted by molar-refractivity contribution is 0.102. The molecule has 0 radical (unpaired) electrons. The third-order valence-corrected chi connectivity index (χ3v) is 3.99. The molecule has 0 bridgehead atoms. The van der Waals surface area contributed by atoms with Gasteiger partial charge in [-0.05, 0) is 42.8 Å². The van der Waals surface area contributed by atoms with E-state index in [0.29, 0.717) is 16.4 Å². The number of halogens is 1. The van der Waals surface area contributed by atoms with E-state index in [1.165, 1.54) is 0 Å². The van der Waals surface area contributed by atoms with Gasteiger partial charge in [0.2, 0.25) is 0 Å². The van der Waals surface area contributed by atoms with Crippen LogP contribution in [0.15, 0.2) is 36.5 Å². The van der Waals surface area contributed by atoms with E-state index in [2.05, 4.69) is 20.5 Å². The number of amides is 1. The summed E-state index contributed by atoms with van der Waals surface area (Å²) in [7, 11) is 0. The molecule has 3 rings (SSSR count). The fourth-order valence-electron chi connectivity index (χ4n) is 2.63. The summed E-state index contributed by atoms with van der Waals surface area (Å²) in [5, 5.41) is 6.68. The van der Waals surface area contributed by atoms with E-state index in [-0.39, 0.29) is 5.91 Å². The van der Waals surface area contributed by atoms with Crippen LogP contribution in [0, 0.1) is 6.92 Å². The van der Waals surface area contributed by atoms with Crippen molar-refractivity contribution in [3.63, 3.8) is 0 Å². The highest BCUT2D eigenvalue weighted by Crippen LogP contribution is 2.18. The van der Waals surface area contributed by atoms with Gasteiger partial charge in [-0.1, -0.05) is 11.6 Å². The molecule has 0 spiro atoms. The summed E-state index contributed by atoms with van der Waals surface area (Å²) in [4.78, 5) is 18.9. The van der Waals surface area contributed by atoms with E-state index in [1.807, 2.05) is 25.1 Å². The van der Waals surface area contributed by atoms with Crippen molar-refractivity contribution in [3.05, 3.63) is 52.7 Å². The fraction of sp³-hybridized carbons (Fsp3) is 0.294. The number of piperazine rings is 1. The van der Waals surface area contributed by atoms with Crippen LogP contribution in [0.2, 0.25) is 5.02 Å². The van der Waals surface area contributed by atoms with Crippen LogP contribution in [0.3, 0.4) is 0 Å². The summed E-state index contributed by atoms with van der Waals surface area (Å²) in [5.74, 6) is 0.324. The molecule has 6 heteroatoms. The monoisotopic (exact) mass is 330 g/mol. The maximum absolute atomic E-state index is 12.3. The Kier molecular flexibility index (Phi) is 4.79. The minimum Gasteiger partial charge on any atom is -0.368 e. The predicted octanol–water partition coefficient (Wildman–Crippen LogP) is 2.71. The van der Waals surface area contributed by atoms with Crippen molar-refractivity contribution in [1.29, 1.82) is 0 Å². The van der Waals surface area contributed by atoms with Gasteiger partial charge in [0.15, 0.2) is 0 Å². The molecule has 0 aliphatic carbocycles. The van der Waals surface area contributed by atoms with Crippen molar-refractivity contribution in [2.75, 3.05) is 36.4 Å². The third-order valence-electron chi connectivity index (χ3n) is 3.78. The Bertz CT molecular complexity index is 676. The zero-order valence-electron chi connectivity index (χ0n) is 13.0. The van der Waals surface area contributed by atoms with Crippen LogP contribution >= 0.6 is 11.6 Å². The number of rotatable bonds is 3. The summed E-state index contributed by atoms with van der Waals surface area (Å²) < 4.78 is 0. The SMILES string of the molecule is Cc1cc(Cl)cc(C(=O)Nc2ccc(N3CCNCC3)cn2)c1. The highest BCUT2D eigenvalue weighted by Gasteiger charge is 2.12. The molecule has 2 heterocycles. The molecule has 2 aromatic rings. The highest BCUT2D eigenvalue weighted by atomic mass is 35.5. The zero-order chi connectivity index (χ0) is 16.2. The second-order valence-electron chi connectivity index (χ2n) is 5.61. The first kappa shape index (κ1) is 15.8. The normalized spacial score (nSPS) is 14.6. The molecule has 0 unspecified atom stereocenters. The van der Waals surface area contributed by atoms with Gasteiger partial charge in [-0.3, -0.25) is 4.79 Å². The quantitative estimate of drug-likeness (QED) is 0.908. The summed E-state index contributed by atoms with van der Waals surface area (Å²) in [6.45, 7) is 5.80. The molecule has 1 aliphatic rings. The number of benzene rings is 1. The molecule has 120 valence electrons. The largest absolute Gasteiger partial charge is 0.368 e. The first-order chi connectivity index (χ1) is 11.1. The first-order valence-electron chi connectivity index (χ1n) is 7.62. The molecule has 0 atom stereocenters. The Morgan fingerprint density at radius 2 is 2.04 bits per heavy atom. The number of nitrogens with one attached hydrogen (secondary N) is 2. The van der Waals surface area contributed by atoms with E-state index >= 15 is 0 Å². The van der Waals surface area contributed by atoms with Gasteiger partial charge >= 0.3 is 0 Å². The highest BCUT2D eigenvalue weighted by molar-refractivity contribution is 6.31. The van der Waals surface area contributed by atoms with Crippen molar-refractivity contribution in [2.45, 2.75) is 6.92 Å². The molecule has 1 aromatic carbocycles. The van der Waals surface area contributed by atoms with Crippen LogP contribution in [-0.4, -0.2) is 37.1 Å². The Morgan fingerprint density at radius 1 is 1.26 bits per heavy atom. The smallest absolute Gasteiger partial charge is 0.256 e. The van der Waals surface area contributed by atoms with Crippen molar-refractivity contribution in [3.8, 4) is 0 Å². The second kappa shape index (κ2) is 6.98. The minimum absolute atomic E-state index is 0.210. The van der Waals surface area contributed by atoms with Gasteiger partial charge in [0.25, 0.3) is 5.91 Å². The zero-order valence-corrected chi connectivity index (χ0v) is 13.7. The molecule has 23 heavy (non-hydrogen) atoms. The average Bonchev–Trinajstić information content (AvgIpc) is 2.55. The minimum atomic E-state index is -0.210. The van der Waals surface area contributed by atoms with Gasteiger partial charge < -0.3 is 15.5 Å². The van der Waals surface area contributed by atoms with Crippen molar-refractivity contribution >= 4 is 29.0 Å². The maximum atomic E-state index is 12.3. The number of anilines is 2. The second-order valence-corrected chi connectivity index (χ2v) is 6.05. The molecule has 1 aromatic heterocycles. The van der Waals surface area contributed by atoms with Gasteiger partial charge in [0.1, 0.15) is 5.82 Å². The van der Waals surface area contributed by atoms with Gasteiger partial charge in [0, 0.05) is 36.8 Å². The molecular weight excluding hydrogens is 312 g/mol. The number of aryl methyl sites for hydroxylation is 1. The van der Waals surface area contributed by atoms with E-state index < -0.39 is 0 Å². The third kappa shape index (κ3) is 4.00. The Balaban J connectivity index is 1.68. The Hall–Kier alpha value is -2.11.